The minimum absolute atomic E-state index is 0.241. The predicted octanol–water partition coefficient (Wildman–Crippen LogP) is 1.98. The molecule has 0 atom stereocenters. The van der Waals surface area contributed by atoms with E-state index >= 15 is 0 Å². The molecule has 3 nitrogen and oxygen atoms in total. The highest BCUT2D eigenvalue weighted by molar-refractivity contribution is 5.05. The van der Waals surface area contributed by atoms with Gasteiger partial charge in [-0.05, 0) is 19.3 Å². The zero-order valence-corrected chi connectivity index (χ0v) is 7.01. The molecule has 12 heavy (non-hydrogen) atoms. The fraction of sp³-hybridized carbons (Fsp3) is 0.750. The van der Waals surface area contributed by atoms with Gasteiger partial charge < -0.3 is 4.52 Å². The Hall–Kier alpha value is -0.930. The van der Waals surface area contributed by atoms with Crippen LogP contribution in [0.4, 0.5) is 4.39 Å². The van der Waals surface area contributed by atoms with Crippen molar-refractivity contribution in [2.24, 2.45) is 0 Å². The van der Waals surface area contributed by atoms with Crippen LogP contribution < -0.4 is 0 Å². The van der Waals surface area contributed by atoms with Gasteiger partial charge in [0.25, 0.3) is 0 Å². The molecular weight excluding hydrogens is 159 g/mol. The van der Waals surface area contributed by atoms with E-state index in [1.54, 1.807) is 0 Å². The van der Waals surface area contributed by atoms with Gasteiger partial charge in [0.2, 0.25) is 11.7 Å². The van der Waals surface area contributed by atoms with Crippen LogP contribution in [0.2, 0.25) is 0 Å². The number of hydrogen-bond donors (Lipinski definition) is 0. The summed E-state index contributed by atoms with van der Waals surface area (Å²) in [7, 11) is 0. The Labute approximate surface area is 70.0 Å². The first kappa shape index (κ1) is 7.71. The van der Waals surface area contributed by atoms with Crippen LogP contribution >= 0.6 is 0 Å². The molecule has 1 aromatic heterocycles. The Balaban J connectivity index is 2.22. The monoisotopic (exact) mass is 170 g/mol. The SMILES string of the molecule is CCc1nc(C2(F)CCC2)no1. The van der Waals surface area contributed by atoms with E-state index in [0.29, 0.717) is 25.2 Å². The molecule has 1 saturated carbocycles. The Morgan fingerprint density at radius 1 is 1.58 bits per heavy atom. The van der Waals surface area contributed by atoms with E-state index in [1.165, 1.54) is 0 Å². The molecular formula is C8H11FN2O. The van der Waals surface area contributed by atoms with Crippen molar-refractivity contribution in [2.75, 3.05) is 0 Å². The number of aromatic nitrogens is 2. The van der Waals surface area contributed by atoms with Crippen molar-refractivity contribution in [3.8, 4) is 0 Å². The third kappa shape index (κ3) is 1.02. The van der Waals surface area contributed by atoms with Crippen LogP contribution in [0, 0.1) is 0 Å². The topological polar surface area (TPSA) is 38.9 Å². The molecule has 1 aliphatic carbocycles. The number of rotatable bonds is 2. The van der Waals surface area contributed by atoms with Crippen LogP contribution in [0.25, 0.3) is 0 Å². The first-order chi connectivity index (χ1) is 5.74. The van der Waals surface area contributed by atoms with E-state index in [1.807, 2.05) is 6.92 Å². The van der Waals surface area contributed by atoms with Gasteiger partial charge in [-0.25, -0.2) is 4.39 Å². The lowest BCUT2D eigenvalue weighted by Gasteiger charge is -2.29. The zero-order valence-electron chi connectivity index (χ0n) is 7.01. The van der Waals surface area contributed by atoms with E-state index in [-0.39, 0.29) is 5.82 Å². The highest BCUT2D eigenvalue weighted by Crippen LogP contribution is 2.43. The Bertz CT molecular complexity index is 280. The van der Waals surface area contributed by atoms with Gasteiger partial charge in [-0.1, -0.05) is 12.1 Å². The maximum atomic E-state index is 13.6. The fourth-order valence-electron chi connectivity index (χ4n) is 1.29. The van der Waals surface area contributed by atoms with Crippen molar-refractivity contribution in [3.63, 3.8) is 0 Å². The van der Waals surface area contributed by atoms with Crippen LogP contribution in [0.3, 0.4) is 0 Å². The molecule has 0 spiro atoms. The van der Waals surface area contributed by atoms with Crippen molar-refractivity contribution in [1.82, 2.24) is 10.1 Å². The van der Waals surface area contributed by atoms with Crippen LogP contribution in [-0.4, -0.2) is 10.1 Å². The van der Waals surface area contributed by atoms with Gasteiger partial charge >= 0.3 is 0 Å². The standard InChI is InChI=1S/C8H11FN2O/c1-2-6-10-7(11-12-6)8(9)4-3-5-8/h2-5H2,1H3. The number of hydrogen-bond acceptors (Lipinski definition) is 3. The molecule has 0 amide bonds. The number of aryl methyl sites for hydroxylation is 1. The molecule has 0 radical (unpaired) electrons. The third-order valence-electron chi connectivity index (χ3n) is 2.32. The second kappa shape index (κ2) is 2.54. The molecule has 66 valence electrons. The Morgan fingerprint density at radius 3 is 2.75 bits per heavy atom. The lowest BCUT2D eigenvalue weighted by molar-refractivity contribution is 0.0481. The summed E-state index contributed by atoms with van der Waals surface area (Å²) in [6, 6.07) is 0. The van der Waals surface area contributed by atoms with E-state index < -0.39 is 5.67 Å². The highest BCUT2D eigenvalue weighted by atomic mass is 19.1. The lowest BCUT2D eigenvalue weighted by atomic mass is 9.81. The van der Waals surface area contributed by atoms with Crippen molar-refractivity contribution in [1.29, 1.82) is 0 Å². The minimum Gasteiger partial charge on any atom is -0.339 e. The maximum Gasteiger partial charge on any atom is 0.226 e. The molecule has 1 heterocycles. The first-order valence-electron chi connectivity index (χ1n) is 4.26. The molecule has 0 aliphatic heterocycles. The predicted molar refractivity (Wildman–Crippen MR) is 40.3 cm³/mol. The summed E-state index contributed by atoms with van der Waals surface area (Å²) in [5.74, 6) is 0.763. The zero-order chi connectivity index (χ0) is 8.60. The van der Waals surface area contributed by atoms with Gasteiger partial charge in [-0.3, -0.25) is 0 Å². The molecule has 2 rings (SSSR count). The fourth-order valence-corrected chi connectivity index (χ4v) is 1.29. The normalized spacial score (nSPS) is 20.5. The van der Waals surface area contributed by atoms with Gasteiger partial charge in [0.15, 0.2) is 5.67 Å². The molecule has 0 saturated heterocycles. The van der Waals surface area contributed by atoms with Gasteiger partial charge in [-0.2, -0.15) is 4.98 Å². The minimum atomic E-state index is -1.28. The van der Waals surface area contributed by atoms with Crippen molar-refractivity contribution >= 4 is 0 Å². The number of halogens is 1. The molecule has 0 unspecified atom stereocenters. The number of nitrogens with zero attached hydrogens (tertiary/aromatic N) is 2. The number of alkyl halides is 1. The summed E-state index contributed by atoms with van der Waals surface area (Å²) in [6.07, 6.45) is 2.67. The summed E-state index contributed by atoms with van der Waals surface area (Å²) in [6.45, 7) is 1.91. The van der Waals surface area contributed by atoms with Gasteiger partial charge in [0.1, 0.15) is 0 Å². The molecule has 1 fully saturated rings. The summed E-state index contributed by atoms with van der Waals surface area (Å²) < 4.78 is 18.4. The summed E-state index contributed by atoms with van der Waals surface area (Å²) in [4.78, 5) is 3.97. The van der Waals surface area contributed by atoms with Crippen LogP contribution in [0.1, 0.15) is 37.9 Å². The van der Waals surface area contributed by atoms with E-state index in [4.69, 9.17) is 4.52 Å². The molecule has 0 bridgehead atoms. The second-order valence-electron chi connectivity index (χ2n) is 3.18. The quantitative estimate of drug-likeness (QED) is 0.681. The molecule has 1 aliphatic rings. The van der Waals surface area contributed by atoms with E-state index in [9.17, 15) is 4.39 Å². The summed E-state index contributed by atoms with van der Waals surface area (Å²) >= 11 is 0. The molecule has 0 aromatic carbocycles. The van der Waals surface area contributed by atoms with Crippen molar-refractivity contribution < 1.29 is 8.91 Å². The van der Waals surface area contributed by atoms with Crippen molar-refractivity contribution in [2.45, 2.75) is 38.3 Å². The third-order valence-corrected chi connectivity index (χ3v) is 2.32. The van der Waals surface area contributed by atoms with Crippen LogP contribution in [0.15, 0.2) is 4.52 Å². The molecule has 0 N–H and O–H groups in total. The first-order valence-corrected chi connectivity index (χ1v) is 4.26. The Kier molecular flexibility index (Phi) is 1.63. The lowest BCUT2D eigenvalue weighted by Crippen LogP contribution is -2.30. The maximum absolute atomic E-state index is 13.6. The van der Waals surface area contributed by atoms with Gasteiger partial charge in [-0.15, -0.1) is 0 Å². The molecule has 4 heteroatoms. The smallest absolute Gasteiger partial charge is 0.226 e. The van der Waals surface area contributed by atoms with Crippen molar-refractivity contribution in [3.05, 3.63) is 11.7 Å². The largest absolute Gasteiger partial charge is 0.339 e. The van der Waals surface area contributed by atoms with Gasteiger partial charge in [0.05, 0.1) is 0 Å². The van der Waals surface area contributed by atoms with E-state index in [0.717, 1.165) is 6.42 Å². The van der Waals surface area contributed by atoms with Crippen LogP contribution in [-0.2, 0) is 12.1 Å². The van der Waals surface area contributed by atoms with E-state index in [2.05, 4.69) is 10.1 Å². The Morgan fingerprint density at radius 2 is 2.33 bits per heavy atom. The second-order valence-corrected chi connectivity index (χ2v) is 3.18. The highest BCUT2D eigenvalue weighted by Gasteiger charge is 2.43. The van der Waals surface area contributed by atoms with Crippen LogP contribution in [0.5, 0.6) is 0 Å². The summed E-state index contributed by atoms with van der Waals surface area (Å²) in [5, 5.41) is 3.62. The molecule has 1 aromatic rings. The average Bonchev–Trinajstić information content (AvgIpc) is 2.48. The van der Waals surface area contributed by atoms with Gasteiger partial charge in [0, 0.05) is 6.42 Å². The average molecular weight is 170 g/mol. The summed E-state index contributed by atoms with van der Waals surface area (Å²) in [5.41, 5.74) is -1.28.